The lowest BCUT2D eigenvalue weighted by molar-refractivity contribution is 0.676. The van der Waals surface area contributed by atoms with Crippen molar-refractivity contribution in [1.29, 1.82) is 0 Å². The smallest absolute Gasteiger partial charge is 0.0257 e. The van der Waals surface area contributed by atoms with E-state index in [1.165, 1.54) is 23.5 Å². The first-order chi connectivity index (χ1) is 7.93. The highest BCUT2D eigenvalue weighted by Crippen LogP contribution is 2.18. The summed E-state index contributed by atoms with van der Waals surface area (Å²) in [6.45, 7) is 0.641. The van der Waals surface area contributed by atoms with Crippen LogP contribution in [-0.4, -0.2) is 12.3 Å². The van der Waals surface area contributed by atoms with Crippen molar-refractivity contribution < 1.29 is 0 Å². The molecule has 0 bridgehead atoms. The largest absolute Gasteiger partial charge is 0.126 e. The summed E-state index contributed by atoms with van der Waals surface area (Å²) in [4.78, 5) is 4.07. The molecule has 0 N–H and O–H groups in total. The number of azide groups is 1. The monoisotopic (exact) mass is 235 g/mol. The first kappa shape index (κ1) is 12.9. The SMILES string of the molecule is [N-]=[N+]=NCCCCCCSc1ccccc1. The summed E-state index contributed by atoms with van der Waals surface area (Å²) in [5, 5.41) is 3.51. The number of unbranched alkanes of at least 4 members (excludes halogenated alkanes) is 3. The van der Waals surface area contributed by atoms with E-state index in [2.05, 4.69) is 34.3 Å². The highest BCUT2D eigenvalue weighted by molar-refractivity contribution is 7.99. The third kappa shape index (κ3) is 6.38. The van der Waals surface area contributed by atoms with Gasteiger partial charge in [0.15, 0.2) is 0 Å². The Bertz CT molecular complexity index is 320. The zero-order chi connectivity index (χ0) is 11.5. The zero-order valence-electron chi connectivity index (χ0n) is 9.38. The van der Waals surface area contributed by atoms with E-state index in [0.29, 0.717) is 6.54 Å². The summed E-state index contributed by atoms with van der Waals surface area (Å²) in [6.07, 6.45) is 4.63. The van der Waals surface area contributed by atoms with E-state index in [9.17, 15) is 0 Å². The molecule has 0 aliphatic heterocycles. The molecule has 0 unspecified atom stereocenters. The molecule has 16 heavy (non-hydrogen) atoms. The van der Waals surface area contributed by atoms with Crippen molar-refractivity contribution in [2.45, 2.75) is 30.6 Å². The minimum Gasteiger partial charge on any atom is -0.126 e. The van der Waals surface area contributed by atoms with Crippen LogP contribution < -0.4 is 0 Å². The summed E-state index contributed by atoms with van der Waals surface area (Å²) in [5.74, 6) is 1.17. The average molecular weight is 235 g/mol. The zero-order valence-corrected chi connectivity index (χ0v) is 10.2. The Morgan fingerprint density at radius 2 is 1.81 bits per heavy atom. The van der Waals surface area contributed by atoms with Gasteiger partial charge >= 0.3 is 0 Å². The third-order valence-corrected chi connectivity index (χ3v) is 3.33. The maximum atomic E-state index is 8.09. The van der Waals surface area contributed by atoms with Gasteiger partial charge in [0.1, 0.15) is 0 Å². The molecular formula is C12H17N3S. The lowest BCUT2D eigenvalue weighted by atomic mass is 10.2. The molecule has 0 aliphatic carbocycles. The van der Waals surface area contributed by atoms with Gasteiger partial charge in [-0.25, -0.2) is 0 Å². The molecule has 86 valence electrons. The Hall–Kier alpha value is -1.12. The maximum absolute atomic E-state index is 8.09. The normalized spacial score (nSPS) is 9.75. The van der Waals surface area contributed by atoms with Crippen molar-refractivity contribution in [3.8, 4) is 0 Å². The molecule has 0 fully saturated rings. The second kappa shape index (κ2) is 9.13. The van der Waals surface area contributed by atoms with Crippen LogP contribution in [0.5, 0.6) is 0 Å². The predicted octanol–water partition coefficient (Wildman–Crippen LogP) is 4.65. The molecule has 0 aliphatic rings. The molecule has 0 aromatic heterocycles. The molecule has 0 heterocycles. The molecule has 1 aromatic rings. The van der Waals surface area contributed by atoms with Crippen LogP contribution in [0, 0.1) is 0 Å². The van der Waals surface area contributed by atoms with Crippen LogP contribution in [0.3, 0.4) is 0 Å². The summed E-state index contributed by atoms with van der Waals surface area (Å²) < 4.78 is 0. The second-order valence-electron chi connectivity index (χ2n) is 3.53. The van der Waals surface area contributed by atoms with Crippen molar-refractivity contribution in [2.75, 3.05) is 12.3 Å². The van der Waals surface area contributed by atoms with Crippen molar-refractivity contribution >= 4 is 11.8 Å². The minimum atomic E-state index is 0.641. The van der Waals surface area contributed by atoms with Crippen LogP contribution in [0.15, 0.2) is 40.3 Å². The fourth-order valence-electron chi connectivity index (χ4n) is 1.39. The van der Waals surface area contributed by atoms with E-state index in [0.717, 1.165) is 12.8 Å². The average Bonchev–Trinajstić information content (AvgIpc) is 2.34. The van der Waals surface area contributed by atoms with Gasteiger partial charge in [-0.3, -0.25) is 0 Å². The van der Waals surface area contributed by atoms with Gasteiger partial charge in [-0.2, -0.15) is 0 Å². The van der Waals surface area contributed by atoms with Crippen molar-refractivity contribution in [2.24, 2.45) is 5.11 Å². The Balaban J connectivity index is 1.94. The van der Waals surface area contributed by atoms with Crippen LogP contribution in [0.1, 0.15) is 25.7 Å². The third-order valence-electron chi connectivity index (χ3n) is 2.23. The molecule has 4 heteroatoms. The lowest BCUT2D eigenvalue weighted by Crippen LogP contribution is -1.84. The second-order valence-corrected chi connectivity index (χ2v) is 4.70. The maximum Gasteiger partial charge on any atom is 0.0257 e. The number of hydrogen-bond donors (Lipinski definition) is 0. The summed E-state index contributed by atoms with van der Waals surface area (Å²) in [5.41, 5.74) is 8.09. The van der Waals surface area contributed by atoms with E-state index in [1.54, 1.807) is 0 Å². The van der Waals surface area contributed by atoms with Crippen LogP contribution in [0.25, 0.3) is 10.4 Å². The number of rotatable bonds is 8. The van der Waals surface area contributed by atoms with E-state index in [-0.39, 0.29) is 0 Å². The summed E-state index contributed by atoms with van der Waals surface area (Å²) >= 11 is 1.91. The first-order valence-corrected chi connectivity index (χ1v) is 6.61. The molecule has 0 spiro atoms. The van der Waals surface area contributed by atoms with Gasteiger partial charge in [0.25, 0.3) is 0 Å². The van der Waals surface area contributed by atoms with Gasteiger partial charge in [0.05, 0.1) is 0 Å². The van der Waals surface area contributed by atoms with Gasteiger partial charge in [-0.05, 0) is 36.3 Å². The molecule has 0 radical (unpaired) electrons. The molecule has 0 saturated carbocycles. The van der Waals surface area contributed by atoms with Gasteiger partial charge < -0.3 is 0 Å². The fraction of sp³-hybridized carbons (Fsp3) is 0.500. The number of benzene rings is 1. The Morgan fingerprint density at radius 1 is 1.06 bits per heavy atom. The topological polar surface area (TPSA) is 48.8 Å². The van der Waals surface area contributed by atoms with Gasteiger partial charge in [0, 0.05) is 16.4 Å². The number of nitrogens with zero attached hydrogens (tertiary/aromatic N) is 3. The highest BCUT2D eigenvalue weighted by Gasteiger charge is 1.93. The molecule has 0 amide bonds. The quantitative estimate of drug-likeness (QED) is 0.213. The summed E-state index contributed by atoms with van der Waals surface area (Å²) in [6, 6.07) is 10.5. The Kier molecular flexibility index (Phi) is 7.39. The lowest BCUT2D eigenvalue weighted by Gasteiger charge is -2.01. The van der Waals surface area contributed by atoms with E-state index in [1.807, 2.05) is 17.8 Å². The predicted molar refractivity (Wildman–Crippen MR) is 69.6 cm³/mol. The Labute approximate surface area is 101 Å². The van der Waals surface area contributed by atoms with Gasteiger partial charge in [-0.15, -0.1) is 11.8 Å². The number of hydrogen-bond acceptors (Lipinski definition) is 2. The van der Waals surface area contributed by atoms with Gasteiger partial charge in [-0.1, -0.05) is 36.2 Å². The van der Waals surface area contributed by atoms with Crippen molar-refractivity contribution in [3.63, 3.8) is 0 Å². The summed E-state index contributed by atoms with van der Waals surface area (Å²) in [7, 11) is 0. The molecule has 0 atom stereocenters. The van der Waals surface area contributed by atoms with Crippen LogP contribution >= 0.6 is 11.8 Å². The molecule has 3 nitrogen and oxygen atoms in total. The van der Waals surface area contributed by atoms with Crippen molar-refractivity contribution in [3.05, 3.63) is 40.8 Å². The van der Waals surface area contributed by atoms with Gasteiger partial charge in [0.2, 0.25) is 0 Å². The van der Waals surface area contributed by atoms with Crippen LogP contribution in [0.2, 0.25) is 0 Å². The van der Waals surface area contributed by atoms with Crippen LogP contribution in [-0.2, 0) is 0 Å². The molecule has 1 rings (SSSR count). The standard InChI is InChI=1S/C12H17N3S/c13-15-14-10-6-1-2-7-11-16-12-8-4-3-5-9-12/h3-5,8-9H,1-2,6-7,10-11H2. The highest BCUT2D eigenvalue weighted by atomic mass is 32.2. The van der Waals surface area contributed by atoms with E-state index >= 15 is 0 Å². The first-order valence-electron chi connectivity index (χ1n) is 5.62. The van der Waals surface area contributed by atoms with E-state index in [4.69, 9.17) is 5.53 Å². The fourth-order valence-corrected chi connectivity index (χ4v) is 2.32. The molecule has 0 saturated heterocycles. The number of thioether (sulfide) groups is 1. The molecular weight excluding hydrogens is 218 g/mol. The van der Waals surface area contributed by atoms with E-state index < -0.39 is 0 Å². The Morgan fingerprint density at radius 3 is 2.56 bits per heavy atom. The van der Waals surface area contributed by atoms with Crippen LogP contribution in [0.4, 0.5) is 0 Å². The molecule has 1 aromatic carbocycles. The minimum absolute atomic E-state index is 0.641. The van der Waals surface area contributed by atoms with Crippen molar-refractivity contribution in [1.82, 2.24) is 0 Å².